The van der Waals surface area contributed by atoms with E-state index in [-0.39, 0.29) is 10.6 Å². The van der Waals surface area contributed by atoms with E-state index in [2.05, 4.69) is 15.4 Å². The number of benzene rings is 2. The van der Waals surface area contributed by atoms with Crippen LogP contribution in [0, 0.1) is 0 Å². The van der Waals surface area contributed by atoms with Crippen molar-refractivity contribution in [2.45, 2.75) is 15.5 Å². The molecular weight excluding hydrogens is 428 g/mol. The molecule has 0 amide bonds. The van der Waals surface area contributed by atoms with Crippen molar-refractivity contribution >= 4 is 50.5 Å². The van der Waals surface area contributed by atoms with Gasteiger partial charge in [-0.1, -0.05) is 17.8 Å². The zero-order chi connectivity index (χ0) is 20.6. The molecule has 6 nitrogen and oxygen atoms in total. The second kappa shape index (κ2) is 10.6. The van der Waals surface area contributed by atoms with Gasteiger partial charge in [-0.25, -0.2) is 8.42 Å². The predicted molar refractivity (Wildman–Crippen MR) is 112 cm³/mol. The monoisotopic (exact) mass is 447 g/mol. The first-order valence-electron chi connectivity index (χ1n) is 8.02. The highest BCUT2D eigenvalue weighted by molar-refractivity contribution is 7.99. The van der Waals surface area contributed by atoms with Gasteiger partial charge in [-0.2, -0.15) is 8.78 Å². The zero-order valence-corrected chi connectivity index (χ0v) is 17.3. The van der Waals surface area contributed by atoms with Crippen LogP contribution in [0.1, 0.15) is 0 Å². The molecule has 0 heterocycles. The molecule has 11 heteroatoms. The Balaban J connectivity index is 2.05. The van der Waals surface area contributed by atoms with Crippen LogP contribution in [0.15, 0.2) is 58.3 Å². The lowest BCUT2D eigenvalue weighted by Crippen LogP contribution is -2.31. The second-order valence-corrected chi connectivity index (χ2v) is 8.56. The molecule has 0 saturated heterocycles. The zero-order valence-electron chi connectivity index (χ0n) is 14.8. The fourth-order valence-corrected chi connectivity index (χ4v) is 3.92. The van der Waals surface area contributed by atoms with Crippen molar-refractivity contribution in [1.82, 2.24) is 5.32 Å². The molecule has 0 aromatic heterocycles. The Morgan fingerprint density at radius 3 is 2.54 bits per heavy atom. The number of sulfonamides is 1. The number of nitrogens with one attached hydrogen (secondary N) is 3. The number of alkyl halides is 2. The molecule has 0 spiro atoms. The smallest absolute Gasteiger partial charge is 0.288 e. The van der Waals surface area contributed by atoms with E-state index < -0.39 is 15.8 Å². The van der Waals surface area contributed by atoms with Crippen LogP contribution in [0.5, 0.6) is 0 Å². The molecule has 0 aliphatic heterocycles. The maximum Gasteiger partial charge on any atom is 0.288 e. The van der Waals surface area contributed by atoms with Gasteiger partial charge in [-0.05, 0) is 54.7 Å². The summed E-state index contributed by atoms with van der Waals surface area (Å²) in [6, 6.07) is 11.9. The van der Waals surface area contributed by atoms with Crippen LogP contribution in [0.3, 0.4) is 0 Å². The maximum absolute atomic E-state index is 12.6. The molecule has 0 fully saturated rings. The number of thiocarbonyl (C=S) groups is 1. The van der Waals surface area contributed by atoms with Gasteiger partial charge in [0.15, 0.2) is 5.11 Å². The number of anilines is 2. The van der Waals surface area contributed by atoms with Crippen LogP contribution < -0.4 is 15.4 Å². The fourth-order valence-electron chi connectivity index (χ4n) is 2.10. The van der Waals surface area contributed by atoms with Crippen LogP contribution >= 0.6 is 24.0 Å². The minimum atomic E-state index is -3.86. The third-order valence-electron chi connectivity index (χ3n) is 3.33. The van der Waals surface area contributed by atoms with E-state index in [1.54, 1.807) is 19.2 Å². The van der Waals surface area contributed by atoms with Crippen molar-refractivity contribution in [1.29, 1.82) is 0 Å². The molecule has 0 radical (unpaired) electrons. The highest BCUT2D eigenvalue weighted by atomic mass is 32.2. The van der Waals surface area contributed by atoms with Crippen molar-refractivity contribution in [3.63, 3.8) is 0 Å². The van der Waals surface area contributed by atoms with Crippen LogP contribution in [-0.2, 0) is 14.8 Å². The summed E-state index contributed by atoms with van der Waals surface area (Å²) in [5, 5.41) is 6.16. The van der Waals surface area contributed by atoms with E-state index in [1.807, 2.05) is 0 Å². The summed E-state index contributed by atoms with van der Waals surface area (Å²) in [5.74, 6) is -2.53. The Kier molecular flexibility index (Phi) is 8.42. The van der Waals surface area contributed by atoms with E-state index in [1.165, 1.54) is 36.4 Å². The third-order valence-corrected chi connectivity index (χ3v) is 5.67. The van der Waals surface area contributed by atoms with Gasteiger partial charge in [-0.3, -0.25) is 4.72 Å². The molecule has 0 saturated carbocycles. The molecular formula is C17H19F2N3O3S3. The van der Waals surface area contributed by atoms with Crippen LogP contribution in [0.4, 0.5) is 20.2 Å². The quantitative estimate of drug-likeness (QED) is 0.307. The number of halogens is 2. The van der Waals surface area contributed by atoms with E-state index in [0.717, 1.165) is 0 Å². The van der Waals surface area contributed by atoms with Crippen molar-refractivity contribution < 1.29 is 21.9 Å². The van der Waals surface area contributed by atoms with Gasteiger partial charge < -0.3 is 15.4 Å². The number of hydrogen-bond donors (Lipinski definition) is 3. The summed E-state index contributed by atoms with van der Waals surface area (Å²) in [6.07, 6.45) is 0. The lowest BCUT2D eigenvalue weighted by molar-refractivity contribution is 0.204. The molecule has 0 aliphatic rings. The highest BCUT2D eigenvalue weighted by Gasteiger charge is 2.15. The van der Waals surface area contributed by atoms with Crippen LogP contribution in [0.25, 0.3) is 0 Å². The number of ether oxygens (including phenoxy) is 1. The summed E-state index contributed by atoms with van der Waals surface area (Å²) in [5.41, 5.74) is 0.773. The van der Waals surface area contributed by atoms with Gasteiger partial charge in [0.25, 0.3) is 15.8 Å². The summed E-state index contributed by atoms with van der Waals surface area (Å²) in [7, 11) is -2.28. The number of thioether (sulfide) groups is 1. The maximum atomic E-state index is 12.6. The van der Waals surface area contributed by atoms with Crippen molar-refractivity contribution in [3.8, 4) is 0 Å². The van der Waals surface area contributed by atoms with Gasteiger partial charge in [0.1, 0.15) is 0 Å². The Bertz CT molecular complexity index is 894. The minimum Gasteiger partial charge on any atom is -0.383 e. The number of rotatable bonds is 9. The molecule has 0 unspecified atom stereocenters. The highest BCUT2D eigenvalue weighted by Crippen LogP contribution is 2.27. The summed E-state index contributed by atoms with van der Waals surface area (Å²) in [6.45, 7) is 0.997. The van der Waals surface area contributed by atoms with E-state index >= 15 is 0 Å². The number of methoxy groups -OCH3 is 1. The standard InChI is InChI=1S/C17H19F2N3O3S3/c1-25-10-9-20-17(26)21-13-3-2-4-15(11-13)28(23,24)22-12-5-7-14(8-6-12)27-16(18)19/h2-8,11,16,22H,9-10H2,1H3,(H2,20,21,26). The first-order valence-corrected chi connectivity index (χ1v) is 10.8. The van der Waals surface area contributed by atoms with Gasteiger partial charge in [-0.15, -0.1) is 0 Å². The van der Waals surface area contributed by atoms with E-state index in [0.29, 0.717) is 40.6 Å². The molecule has 28 heavy (non-hydrogen) atoms. The molecule has 0 atom stereocenters. The molecule has 2 aromatic rings. The van der Waals surface area contributed by atoms with Gasteiger partial charge >= 0.3 is 0 Å². The summed E-state index contributed by atoms with van der Waals surface area (Å²) in [4.78, 5) is 0.377. The largest absolute Gasteiger partial charge is 0.383 e. The Hall–Kier alpha value is -1.95. The topological polar surface area (TPSA) is 79.5 Å². The van der Waals surface area contributed by atoms with E-state index in [4.69, 9.17) is 17.0 Å². The van der Waals surface area contributed by atoms with Crippen molar-refractivity contribution in [2.75, 3.05) is 30.3 Å². The third kappa shape index (κ3) is 7.23. The Labute approximate surface area is 172 Å². The first kappa shape index (κ1) is 22.3. The van der Waals surface area contributed by atoms with Crippen molar-refractivity contribution in [2.24, 2.45) is 0 Å². The Morgan fingerprint density at radius 2 is 1.89 bits per heavy atom. The molecule has 3 N–H and O–H groups in total. The fraction of sp³-hybridized carbons (Fsp3) is 0.235. The SMILES string of the molecule is COCCNC(=S)Nc1cccc(S(=O)(=O)Nc2ccc(SC(F)F)cc2)c1. The lowest BCUT2D eigenvalue weighted by Gasteiger charge is -2.12. The first-order chi connectivity index (χ1) is 13.3. The predicted octanol–water partition coefficient (Wildman–Crippen LogP) is 3.73. The normalized spacial score (nSPS) is 11.3. The molecule has 2 aromatic carbocycles. The number of hydrogen-bond acceptors (Lipinski definition) is 5. The van der Waals surface area contributed by atoms with Crippen LogP contribution in [0.2, 0.25) is 0 Å². The molecule has 152 valence electrons. The molecule has 0 aliphatic carbocycles. The summed E-state index contributed by atoms with van der Waals surface area (Å²) < 4.78 is 57.2. The van der Waals surface area contributed by atoms with Crippen LogP contribution in [-0.4, -0.2) is 39.5 Å². The van der Waals surface area contributed by atoms with E-state index in [9.17, 15) is 17.2 Å². The van der Waals surface area contributed by atoms with Gasteiger partial charge in [0.2, 0.25) is 0 Å². The Morgan fingerprint density at radius 1 is 1.18 bits per heavy atom. The lowest BCUT2D eigenvalue weighted by atomic mass is 10.3. The average Bonchev–Trinajstić information content (AvgIpc) is 2.63. The second-order valence-electron chi connectivity index (χ2n) is 5.41. The molecule has 0 bridgehead atoms. The van der Waals surface area contributed by atoms with Gasteiger partial charge in [0, 0.05) is 29.9 Å². The molecule has 2 rings (SSSR count). The summed E-state index contributed by atoms with van der Waals surface area (Å²) >= 11 is 5.53. The van der Waals surface area contributed by atoms with Crippen molar-refractivity contribution in [3.05, 3.63) is 48.5 Å². The average molecular weight is 448 g/mol. The van der Waals surface area contributed by atoms with Gasteiger partial charge in [0.05, 0.1) is 11.5 Å². The minimum absolute atomic E-state index is 0.0308.